The summed E-state index contributed by atoms with van der Waals surface area (Å²) in [6, 6.07) is 7.52. The maximum Gasteiger partial charge on any atom is 0.344 e. The third kappa shape index (κ3) is 20.0. The Labute approximate surface area is 484 Å². The summed E-state index contributed by atoms with van der Waals surface area (Å²) < 4.78 is 27.9. The van der Waals surface area contributed by atoms with E-state index in [4.69, 9.17) is 23.7 Å². The molecule has 466 valence electrons. The zero-order valence-electron chi connectivity index (χ0n) is 45.7. The summed E-state index contributed by atoms with van der Waals surface area (Å²) in [4.78, 5) is 60.5. The Balaban J connectivity index is -0.000000473. The highest BCUT2D eigenvalue weighted by molar-refractivity contribution is 5.80. The number of ether oxygens (including phenoxy) is 5. The first kappa shape index (κ1) is 81.8. The van der Waals surface area contributed by atoms with E-state index >= 15 is 0 Å². The van der Waals surface area contributed by atoms with Crippen LogP contribution in [-0.2, 0) is 47.7 Å². The Morgan fingerprint density at radius 1 is 0.646 bits per heavy atom. The van der Waals surface area contributed by atoms with Gasteiger partial charge in [-0.25, -0.2) is 4.79 Å². The number of carbonyl (C=O) groups excluding carboxylic acids is 5. The fourth-order valence-corrected chi connectivity index (χ4v) is 12.1. The monoisotopic (exact) mass is 1120 g/mol. The van der Waals surface area contributed by atoms with Crippen LogP contribution in [0.2, 0.25) is 0 Å². The second-order valence-electron chi connectivity index (χ2n) is 25.0. The second kappa shape index (κ2) is 32.8. The van der Waals surface area contributed by atoms with Crippen LogP contribution in [0.5, 0.6) is 5.75 Å². The number of hydrogen-bond donors (Lipinski definition) is 3. The highest BCUT2D eigenvalue weighted by atomic mass is 16.6. The number of phenols is 1. The molecule has 0 radical (unpaired) electrons. The zero-order chi connectivity index (χ0) is 52.9. The van der Waals surface area contributed by atoms with Crippen LogP contribution < -0.4 is 0 Å². The van der Waals surface area contributed by atoms with E-state index < -0.39 is 40.1 Å². The van der Waals surface area contributed by atoms with Gasteiger partial charge in [-0.3, -0.25) is 19.2 Å². The number of aliphatic hydroxyl groups is 2. The third-order valence-corrected chi connectivity index (χ3v) is 18.0. The quantitative estimate of drug-likeness (QED) is 0.118. The molecule has 0 aromatic heterocycles. The summed E-state index contributed by atoms with van der Waals surface area (Å²) in [7, 11) is 0. The van der Waals surface area contributed by atoms with E-state index in [0.29, 0.717) is 62.0 Å². The molecule has 79 heavy (non-hydrogen) atoms. The number of fused-ring (bicyclic) bond motifs is 1. The Kier molecular flexibility index (Phi) is 34.0. The van der Waals surface area contributed by atoms with Crippen LogP contribution in [0.1, 0.15) is 270 Å². The lowest BCUT2D eigenvalue weighted by Crippen LogP contribution is -2.64. The minimum atomic E-state index is -0.732. The molecule has 3 N–H and O–H groups in total. The van der Waals surface area contributed by atoms with E-state index in [1.165, 1.54) is 12.8 Å². The molecule has 1 aromatic rings. The standard InChI is InChI=1S/C18H26O6.C16H26O4.C14H26O2.C10H14O.8CH4/c1-4-18(2,3)17(21)22-9-14(19)24-15-11-5-10-6-12(8-11)16(20)23-13(15)7-10;1-4-14(2,3)13(17)20-12-10-5-15(18)7-11(12)8-16(19,6-10)9-15;1-6-13(4,5)12(15)16-14(11(2)3)9-7-8-10-14;1-3-8(2)9-6-4-5-7-10(9)11;;;;;;;;/h10-13,15H,4-9H2,1-3H3;10-12,18-19H,4-9H2,1-3H3;11H,6-10H2,1-5H3;4-8,11H,3H2,1-2H3;8*1H4. The van der Waals surface area contributed by atoms with Gasteiger partial charge in [0.1, 0.15) is 29.7 Å². The fraction of sp³-hybridized carbons (Fsp3) is 0.833. The van der Waals surface area contributed by atoms with Crippen molar-refractivity contribution in [1.82, 2.24) is 0 Å². The van der Waals surface area contributed by atoms with Gasteiger partial charge in [0.15, 0.2) is 6.61 Å². The van der Waals surface area contributed by atoms with E-state index in [0.717, 1.165) is 63.4 Å². The van der Waals surface area contributed by atoms with Gasteiger partial charge < -0.3 is 39.0 Å². The fourth-order valence-electron chi connectivity index (χ4n) is 12.1. The lowest BCUT2D eigenvalue weighted by Gasteiger charge is -2.60. The molecule has 0 spiro atoms. The van der Waals surface area contributed by atoms with E-state index in [-0.39, 0.29) is 131 Å². The molecule has 7 saturated carbocycles. The van der Waals surface area contributed by atoms with Crippen molar-refractivity contribution in [3.8, 4) is 5.75 Å². The van der Waals surface area contributed by atoms with E-state index in [1.54, 1.807) is 19.9 Å². The van der Waals surface area contributed by atoms with Crippen molar-refractivity contribution >= 4 is 29.8 Å². The molecular weight excluding hydrogens is 1000 g/mol. The summed E-state index contributed by atoms with van der Waals surface area (Å²) in [6.07, 6.45) is 13.4. The van der Waals surface area contributed by atoms with Crippen molar-refractivity contribution < 1.29 is 63.0 Å². The molecule has 9 fully saturated rings. The van der Waals surface area contributed by atoms with Gasteiger partial charge in [-0.05, 0) is 174 Å². The van der Waals surface area contributed by atoms with Gasteiger partial charge in [-0.2, -0.15) is 0 Å². The molecule has 10 rings (SSSR count). The van der Waals surface area contributed by atoms with Gasteiger partial charge >= 0.3 is 29.8 Å². The number of benzene rings is 1. The summed E-state index contributed by atoms with van der Waals surface area (Å²) in [6.45, 7) is 25.4. The third-order valence-electron chi connectivity index (χ3n) is 18.0. The van der Waals surface area contributed by atoms with Crippen molar-refractivity contribution in [2.45, 2.75) is 300 Å². The van der Waals surface area contributed by atoms with Gasteiger partial charge in [0, 0.05) is 24.2 Å². The number of carbonyl (C=O) groups is 5. The highest BCUT2D eigenvalue weighted by Gasteiger charge is 2.62. The van der Waals surface area contributed by atoms with Crippen LogP contribution in [0.4, 0.5) is 0 Å². The molecule has 8 bridgehead atoms. The Morgan fingerprint density at radius 3 is 1.59 bits per heavy atom. The van der Waals surface area contributed by atoms with Crippen LogP contribution in [0.15, 0.2) is 24.3 Å². The van der Waals surface area contributed by atoms with Crippen molar-refractivity contribution in [2.24, 2.45) is 51.8 Å². The maximum absolute atomic E-state index is 12.3. The summed E-state index contributed by atoms with van der Waals surface area (Å²) in [5, 5.41) is 30.5. The molecule has 2 saturated heterocycles. The van der Waals surface area contributed by atoms with Crippen molar-refractivity contribution in [3.05, 3.63) is 29.8 Å². The molecule has 13 heteroatoms. The molecule has 1 aromatic carbocycles. The lowest BCUT2D eigenvalue weighted by atomic mass is 9.51. The predicted molar refractivity (Wildman–Crippen MR) is 325 cm³/mol. The lowest BCUT2D eigenvalue weighted by molar-refractivity contribution is -0.244. The van der Waals surface area contributed by atoms with E-state index in [9.17, 15) is 39.3 Å². The number of rotatable bonds is 14. The number of hydrogen-bond acceptors (Lipinski definition) is 13. The Hall–Kier alpha value is -3.71. The zero-order valence-corrected chi connectivity index (χ0v) is 45.7. The van der Waals surface area contributed by atoms with Crippen LogP contribution in [0.3, 0.4) is 0 Å². The minimum absolute atomic E-state index is 0. The minimum Gasteiger partial charge on any atom is -0.508 e. The smallest absolute Gasteiger partial charge is 0.344 e. The average Bonchev–Trinajstić information content (AvgIpc) is 3.73. The highest BCUT2D eigenvalue weighted by Crippen LogP contribution is 2.58. The molecule has 9 aliphatic rings. The van der Waals surface area contributed by atoms with Crippen molar-refractivity contribution in [2.75, 3.05) is 6.61 Å². The van der Waals surface area contributed by atoms with Crippen LogP contribution in [0.25, 0.3) is 0 Å². The normalized spacial score (nSPS) is 28.1. The first-order valence-corrected chi connectivity index (χ1v) is 27.3. The Morgan fingerprint density at radius 2 is 1.13 bits per heavy atom. The molecule has 7 aliphatic carbocycles. The molecule has 2 heterocycles. The topological polar surface area (TPSA) is 192 Å². The molecule has 2 aliphatic heterocycles. The second-order valence-corrected chi connectivity index (χ2v) is 25.0. The van der Waals surface area contributed by atoms with Crippen molar-refractivity contribution in [3.63, 3.8) is 0 Å². The number of para-hydroxylation sites is 1. The van der Waals surface area contributed by atoms with Crippen LogP contribution in [-0.4, -0.2) is 86.9 Å². The first-order chi connectivity index (χ1) is 33.1. The van der Waals surface area contributed by atoms with E-state index in [1.807, 2.05) is 66.7 Å². The molecular formula is C66H124O13. The molecule has 0 amide bonds. The molecule has 6 unspecified atom stereocenters. The SMILES string of the molecule is C.C.C.C.C.C.C.C.CCC(C)(C)C(=O)OC1(C(C)C)CCCC1.CCC(C)(C)C(=O)OC1C2CC3(O)CC1CC(O)(C2)C3.CCC(C)(C)C(=O)OCC(=O)OC1C2CC3CC(C2)C(=O)OC1C3.CCC(C)c1ccccc1O. The number of esters is 5. The summed E-state index contributed by atoms with van der Waals surface area (Å²) in [5.41, 5.74) is -2.00. The van der Waals surface area contributed by atoms with Crippen LogP contribution in [0, 0.1) is 51.8 Å². The number of aromatic hydroxyl groups is 1. The first-order valence-electron chi connectivity index (χ1n) is 27.3. The van der Waals surface area contributed by atoms with Gasteiger partial charge in [0.2, 0.25) is 0 Å². The molecule has 13 nitrogen and oxygen atoms in total. The summed E-state index contributed by atoms with van der Waals surface area (Å²) in [5.74, 6) is 0.846. The predicted octanol–water partition coefficient (Wildman–Crippen LogP) is 16.2. The van der Waals surface area contributed by atoms with Crippen LogP contribution >= 0.6 is 0 Å². The maximum atomic E-state index is 12.3. The Bertz CT molecular complexity index is 1960. The largest absolute Gasteiger partial charge is 0.508 e. The molecule has 6 atom stereocenters. The van der Waals surface area contributed by atoms with Gasteiger partial charge in [0.25, 0.3) is 0 Å². The average molecular weight is 1130 g/mol. The van der Waals surface area contributed by atoms with Gasteiger partial charge in [-0.1, -0.05) is 126 Å². The number of phenolic OH excluding ortho intramolecular Hbond substituents is 1. The van der Waals surface area contributed by atoms with Gasteiger partial charge in [0.05, 0.1) is 33.4 Å². The van der Waals surface area contributed by atoms with Gasteiger partial charge in [-0.15, -0.1) is 0 Å². The van der Waals surface area contributed by atoms with E-state index in [2.05, 4.69) is 27.7 Å². The van der Waals surface area contributed by atoms with Crippen molar-refractivity contribution in [1.29, 1.82) is 0 Å². The summed E-state index contributed by atoms with van der Waals surface area (Å²) >= 11 is 0.